The summed E-state index contributed by atoms with van der Waals surface area (Å²) >= 11 is 0. The average Bonchev–Trinajstić information content (AvgIpc) is 2.77. The molecule has 0 aliphatic carbocycles. The first-order valence-corrected chi connectivity index (χ1v) is 11.1. The maximum atomic E-state index is 13.1. The largest absolute Gasteiger partial charge is 0.444 e. The first-order valence-electron chi connectivity index (χ1n) is 11.1. The number of benzene rings is 3. The molecule has 3 aromatic carbocycles. The number of ether oxygens (including phenoxy) is 1. The molecule has 0 spiro atoms. The third-order valence-electron chi connectivity index (χ3n) is 5.58. The first-order chi connectivity index (χ1) is 16.0. The van der Waals surface area contributed by atoms with E-state index < -0.39 is 17.3 Å². The van der Waals surface area contributed by atoms with E-state index in [0.29, 0.717) is 25.1 Å². The van der Waals surface area contributed by atoms with Crippen molar-refractivity contribution in [3.05, 3.63) is 83.4 Å². The molecule has 4 nitrogen and oxygen atoms in total. The van der Waals surface area contributed by atoms with Gasteiger partial charge in [-0.25, -0.2) is 4.79 Å². The number of carbonyl (C=O) groups is 1. The Morgan fingerprint density at radius 2 is 1.62 bits per heavy atom. The summed E-state index contributed by atoms with van der Waals surface area (Å²) in [6, 6.07) is 18.7. The quantitative estimate of drug-likeness (QED) is 0.435. The Labute approximate surface area is 197 Å². The number of carbonyl (C=O) groups excluding carboxylic acids is 1. The molecule has 1 N–H and O–H groups in total. The molecule has 4 rings (SSSR count). The standard InChI is InChI=1S/C27H27F3N2O2/c1-26(2,3)34-25(33)32-14-13-19-16-24(31-22-7-5-4-6-8-22)23(15-20(19)17-32)18-9-11-21(12-10-18)27(28,29)30/h4-12,15-16,31H,13-14,17H2,1-3H3. The Hall–Kier alpha value is -3.48. The number of anilines is 2. The molecule has 0 saturated carbocycles. The molecule has 0 saturated heterocycles. The summed E-state index contributed by atoms with van der Waals surface area (Å²) in [5, 5.41) is 3.40. The molecule has 1 aliphatic rings. The minimum absolute atomic E-state index is 0.374. The molecule has 0 unspecified atom stereocenters. The van der Waals surface area contributed by atoms with Crippen LogP contribution in [0.4, 0.5) is 29.3 Å². The lowest BCUT2D eigenvalue weighted by Gasteiger charge is -2.32. The number of nitrogens with zero attached hydrogens (tertiary/aromatic N) is 1. The SMILES string of the molecule is CC(C)(C)OC(=O)N1CCc2cc(Nc3ccccc3)c(-c3ccc(C(F)(F)F)cc3)cc2C1. The summed E-state index contributed by atoms with van der Waals surface area (Å²) in [4.78, 5) is 14.3. The van der Waals surface area contributed by atoms with Gasteiger partial charge in [-0.05, 0) is 80.3 Å². The third-order valence-corrected chi connectivity index (χ3v) is 5.58. The van der Waals surface area contributed by atoms with E-state index in [2.05, 4.69) is 5.32 Å². The topological polar surface area (TPSA) is 41.6 Å². The molecule has 0 radical (unpaired) electrons. The van der Waals surface area contributed by atoms with Gasteiger partial charge in [0.05, 0.1) is 5.56 Å². The molecule has 1 aliphatic heterocycles. The van der Waals surface area contributed by atoms with Gasteiger partial charge in [0.15, 0.2) is 0 Å². The normalized spacial score (nSPS) is 13.9. The highest BCUT2D eigenvalue weighted by atomic mass is 19.4. The van der Waals surface area contributed by atoms with Crippen LogP contribution in [-0.2, 0) is 23.9 Å². The van der Waals surface area contributed by atoms with Crippen LogP contribution in [0.3, 0.4) is 0 Å². The van der Waals surface area contributed by atoms with Crippen molar-refractivity contribution < 1.29 is 22.7 Å². The number of nitrogens with one attached hydrogen (secondary N) is 1. The highest BCUT2D eigenvalue weighted by molar-refractivity contribution is 5.83. The van der Waals surface area contributed by atoms with Crippen molar-refractivity contribution in [2.24, 2.45) is 0 Å². The zero-order valence-corrected chi connectivity index (χ0v) is 19.4. The van der Waals surface area contributed by atoms with E-state index in [1.54, 1.807) is 4.90 Å². The second-order valence-corrected chi connectivity index (χ2v) is 9.38. The minimum Gasteiger partial charge on any atom is -0.444 e. The monoisotopic (exact) mass is 468 g/mol. The van der Waals surface area contributed by atoms with Crippen LogP contribution in [0.25, 0.3) is 11.1 Å². The molecule has 0 aromatic heterocycles. The summed E-state index contributed by atoms with van der Waals surface area (Å²) in [7, 11) is 0. The zero-order chi connectivity index (χ0) is 24.5. The van der Waals surface area contributed by atoms with Crippen LogP contribution in [0.1, 0.15) is 37.5 Å². The molecule has 0 atom stereocenters. The predicted octanol–water partition coefficient (Wildman–Crippen LogP) is 7.41. The fourth-order valence-electron chi connectivity index (χ4n) is 3.95. The van der Waals surface area contributed by atoms with E-state index in [4.69, 9.17) is 4.74 Å². The summed E-state index contributed by atoms with van der Waals surface area (Å²) in [6.07, 6.45) is -4.11. The van der Waals surface area contributed by atoms with Crippen LogP contribution in [0.5, 0.6) is 0 Å². The van der Waals surface area contributed by atoms with Gasteiger partial charge >= 0.3 is 12.3 Å². The van der Waals surface area contributed by atoms with Gasteiger partial charge in [-0.15, -0.1) is 0 Å². The van der Waals surface area contributed by atoms with Crippen LogP contribution in [0.2, 0.25) is 0 Å². The number of hydrogen-bond donors (Lipinski definition) is 1. The molecule has 7 heteroatoms. The van der Waals surface area contributed by atoms with Crippen molar-refractivity contribution in [2.45, 2.75) is 45.5 Å². The van der Waals surface area contributed by atoms with Crippen molar-refractivity contribution in [1.29, 1.82) is 0 Å². The molecule has 3 aromatic rings. The fraction of sp³-hybridized carbons (Fsp3) is 0.296. The van der Waals surface area contributed by atoms with Crippen molar-refractivity contribution >= 4 is 17.5 Å². The number of amides is 1. The van der Waals surface area contributed by atoms with Crippen LogP contribution in [-0.4, -0.2) is 23.1 Å². The second kappa shape index (κ2) is 9.05. The van der Waals surface area contributed by atoms with Crippen molar-refractivity contribution in [2.75, 3.05) is 11.9 Å². The van der Waals surface area contributed by atoms with Crippen LogP contribution >= 0.6 is 0 Å². The summed E-state index contributed by atoms with van der Waals surface area (Å²) < 4.78 is 44.8. The van der Waals surface area contributed by atoms with Crippen molar-refractivity contribution in [3.8, 4) is 11.1 Å². The fourth-order valence-corrected chi connectivity index (χ4v) is 3.95. The molecular weight excluding hydrogens is 441 g/mol. The van der Waals surface area contributed by atoms with Gasteiger partial charge in [0.25, 0.3) is 0 Å². The Morgan fingerprint density at radius 3 is 2.24 bits per heavy atom. The number of alkyl halides is 3. The van der Waals surface area contributed by atoms with Gasteiger partial charge in [-0.3, -0.25) is 0 Å². The van der Waals surface area contributed by atoms with Crippen LogP contribution in [0, 0.1) is 0 Å². The second-order valence-electron chi connectivity index (χ2n) is 9.38. The van der Waals surface area contributed by atoms with Gasteiger partial charge in [0.2, 0.25) is 0 Å². The van der Waals surface area contributed by atoms with E-state index in [9.17, 15) is 18.0 Å². The molecule has 34 heavy (non-hydrogen) atoms. The van der Waals surface area contributed by atoms with E-state index in [1.165, 1.54) is 12.1 Å². The molecule has 178 valence electrons. The molecule has 1 amide bonds. The smallest absolute Gasteiger partial charge is 0.416 e. The molecule has 0 bridgehead atoms. The zero-order valence-electron chi connectivity index (χ0n) is 19.4. The van der Waals surface area contributed by atoms with E-state index in [-0.39, 0.29) is 6.09 Å². The maximum absolute atomic E-state index is 13.1. The lowest BCUT2D eigenvalue weighted by atomic mass is 9.92. The number of rotatable bonds is 3. The summed E-state index contributed by atoms with van der Waals surface area (Å²) in [5.74, 6) is 0. The number of para-hydroxylation sites is 1. The third kappa shape index (κ3) is 5.53. The minimum atomic E-state index is -4.40. The summed E-state index contributed by atoms with van der Waals surface area (Å²) in [5.41, 5.74) is 3.86. The Kier molecular flexibility index (Phi) is 6.30. The molecule has 1 heterocycles. The first kappa shape index (κ1) is 23.7. The van der Waals surface area contributed by atoms with Gasteiger partial charge in [-0.1, -0.05) is 30.3 Å². The highest BCUT2D eigenvalue weighted by Crippen LogP contribution is 2.37. The van der Waals surface area contributed by atoms with Gasteiger partial charge in [0.1, 0.15) is 5.60 Å². The lowest BCUT2D eigenvalue weighted by molar-refractivity contribution is -0.137. The highest BCUT2D eigenvalue weighted by Gasteiger charge is 2.30. The van der Waals surface area contributed by atoms with Crippen molar-refractivity contribution in [1.82, 2.24) is 4.90 Å². The van der Waals surface area contributed by atoms with Gasteiger partial charge < -0.3 is 15.0 Å². The van der Waals surface area contributed by atoms with Crippen molar-refractivity contribution in [3.63, 3.8) is 0 Å². The van der Waals surface area contributed by atoms with E-state index >= 15 is 0 Å². The number of fused-ring (bicyclic) bond motifs is 1. The van der Waals surface area contributed by atoms with E-state index in [1.807, 2.05) is 63.2 Å². The number of halogens is 3. The van der Waals surface area contributed by atoms with Gasteiger partial charge in [0, 0.05) is 30.0 Å². The average molecular weight is 469 g/mol. The Morgan fingerprint density at radius 1 is 0.941 bits per heavy atom. The van der Waals surface area contributed by atoms with Crippen LogP contribution < -0.4 is 5.32 Å². The van der Waals surface area contributed by atoms with Gasteiger partial charge in [-0.2, -0.15) is 13.2 Å². The molecule has 0 fully saturated rings. The number of hydrogen-bond acceptors (Lipinski definition) is 3. The maximum Gasteiger partial charge on any atom is 0.416 e. The van der Waals surface area contributed by atoms with Crippen LogP contribution in [0.15, 0.2) is 66.7 Å². The Balaban J connectivity index is 1.71. The predicted molar refractivity (Wildman–Crippen MR) is 127 cm³/mol. The summed E-state index contributed by atoms with van der Waals surface area (Å²) in [6.45, 7) is 6.39. The molecular formula is C27H27F3N2O2. The van der Waals surface area contributed by atoms with E-state index in [0.717, 1.165) is 40.2 Å². The Bertz CT molecular complexity index is 1170. The lowest BCUT2D eigenvalue weighted by Crippen LogP contribution is -2.39.